The molecular weight excluding hydrogens is 323 g/mol. The van der Waals surface area contributed by atoms with Crippen LogP contribution in [-0.2, 0) is 0 Å². The molecule has 1 aromatic heterocycles. The SMILES string of the molecule is O=C(c1ccccc1-n1cnnn1)N1CC2(CC(C(F)(F)F)C2)C1. The van der Waals surface area contributed by atoms with Crippen LogP contribution in [0.3, 0.4) is 0 Å². The van der Waals surface area contributed by atoms with E-state index >= 15 is 0 Å². The van der Waals surface area contributed by atoms with Crippen LogP contribution < -0.4 is 0 Å². The number of benzene rings is 1. The van der Waals surface area contributed by atoms with Crippen molar-refractivity contribution in [3.63, 3.8) is 0 Å². The van der Waals surface area contributed by atoms with Crippen LogP contribution in [0.1, 0.15) is 23.2 Å². The summed E-state index contributed by atoms with van der Waals surface area (Å²) in [7, 11) is 0. The Morgan fingerprint density at radius 2 is 1.92 bits per heavy atom. The molecule has 0 bridgehead atoms. The second-order valence-corrected chi connectivity index (χ2v) is 6.58. The Balaban J connectivity index is 1.46. The number of likely N-dealkylation sites (tertiary alicyclic amines) is 1. The van der Waals surface area contributed by atoms with E-state index in [0.29, 0.717) is 24.3 Å². The van der Waals surface area contributed by atoms with Crippen LogP contribution in [0.4, 0.5) is 13.2 Å². The van der Waals surface area contributed by atoms with Crippen molar-refractivity contribution in [2.45, 2.75) is 19.0 Å². The van der Waals surface area contributed by atoms with Gasteiger partial charge in [-0.3, -0.25) is 4.79 Å². The summed E-state index contributed by atoms with van der Waals surface area (Å²) in [6.45, 7) is 0.755. The molecule has 1 aliphatic carbocycles. The second-order valence-electron chi connectivity index (χ2n) is 6.58. The van der Waals surface area contributed by atoms with Gasteiger partial charge in [-0.2, -0.15) is 17.9 Å². The number of alkyl halides is 3. The van der Waals surface area contributed by atoms with Gasteiger partial charge in [-0.05, 0) is 35.4 Å². The molecule has 2 heterocycles. The van der Waals surface area contributed by atoms with E-state index in [1.807, 2.05) is 0 Å². The standard InChI is InChI=1S/C15H14F3N5O/c16-15(17,18)10-5-14(6-10)7-22(8-14)13(24)11-3-1-2-4-12(11)23-9-19-20-21-23/h1-4,9-10H,5-8H2. The van der Waals surface area contributed by atoms with E-state index in [1.54, 1.807) is 29.2 Å². The van der Waals surface area contributed by atoms with E-state index < -0.39 is 12.1 Å². The van der Waals surface area contributed by atoms with Crippen LogP contribution in [0.5, 0.6) is 0 Å². The van der Waals surface area contributed by atoms with E-state index in [4.69, 9.17) is 0 Å². The van der Waals surface area contributed by atoms with Crippen LogP contribution >= 0.6 is 0 Å². The number of para-hydroxylation sites is 1. The summed E-state index contributed by atoms with van der Waals surface area (Å²) in [6, 6.07) is 6.90. The normalized spacial score (nSPS) is 19.9. The Morgan fingerprint density at radius 3 is 2.54 bits per heavy atom. The van der Waals surface area contributed by atoms with Gasteiger partial charge in [-0.15, -0.1) is 5.10 Å². The zero-order valence-corrected chi connectivity index (χ0v) is 12.6. The topological polar surface area (TPSA) is 63.9 Å². The summed E-state index contributed by atoms with van der Waals surface area (Å²) < 4.78 is 39.3. The second kappa shape index (κ2) is 5.02. The lowest BCUT2D eigenvalue weighted by atomic mass is 9.57. The molecule has 1 amide bonds. The van der Waals surface area contributed by atoms with Gasteiger partial charge in [-0.1, -0.05) is 12.1 Å². The average Bonchev–Trinajstić information content (AvgIpc) is 2.96. The fourth-order valence-corrected chi connectivity index (χ4v) is 3.68. The third kappa shape index (κ3) is 2.35. The first-order valence-corrected chi connectivity index (χ1v) is 7.56. The van der Waals surface area contributed by atoms with Gasteiger partial charge in [0, 0.05) is 18.5 Å². The lowest BCUT2D eigenvalue weighted by molar-refractivity contribution is -0.238. The molecule has 2 aromatic rings. The number of hydrogen-bond donors (Lipinski definition) is 0. The molecule has 2 aliphatic rings. The fraction of sp³-hybridized carbons (Fsp3) is 0.467. The molecular formula is C15H14F3N5O. The highest BCUT2D eigenvalue weighted by molar-refractivity contribution is 5.98. The molecule has 1 saturated carbocycles. The van der Waals surface area contributed by atoms with Crippen molar-refractivity contribution in [1.29, 1.82) is 0 Å². The molecule has 0 atom stereocenters. The zero-order chi connectivity index (χ0) is 16.9. The predicted octanol–water partition coefficient (Wildman–Crippen LogP) is 2.08. The summed E-state index contributed by atoms with van der Waals surface area (Å²) >= 11 is 0. The van der Waals surface area contributed by atoms with Crippen LogP contribution in [-0.4, -0.2) is 50.3 Å². The number of hydrogen-bond acceptors (Lipinski definition) is 4. The van der Waals surface area contributed by atoms with Gasteiger partial charge >= 0.3 is 6.18 Å². The largest absolute Gasteiger partial charge is 0.391 e. The highest BCUT2D eigenvalue weighted by atomic mass is 19.4. The first-order valence-electron chi connectivity index (χ1n) is 7.56. The molecule has 2 fully saturated rings. The van der Waals surface area contributed by atoms with Crippen molar-refractivity contribution < 1.29 is 18.0 Å². The Labute approximate surface area is 135 Å². The van der Waals surface area contributed by atoms with Crippen LogP contribution in [0, 0.1) is 11.3 Å². The Morgan fingerprint density at radius 1 is 1.21 bits per heavy atom. The van der Waals surface area contributed by atoms with Crippen LogP contribution in [0.25, 0.3) is 5.69 Å². The predicted molar refractivity (Wildman–Crippen MR) is 76.3 cm³/mol. The minimum absolute atomic E-state index is 0.120. The van der Waals surface area contributed by atoms with E-state index in [-0.39, 0.29) is 24.2 Å². The van der Waals surface area contributed by atoms with E-state index in [9.17, 15) is 18.0 Å². The average molecular weight is 337 g/mol. The molecule has 6 nitrogen and oxygen atoms in total. The van der Waals surface area contributed by atoms with Crippen LogP contribution in [0.15, 0.2) is 30.6 Å². The molecule has 4 rings (SSSR count). The Kier molecular flexibility index (Phi) is 3.16. The van der Waals surface area contributed by atoms with E-state index in [1.165, 1.54) is 11.0 Å². The number of nitrogens with zero attached hydrogens (tertiary/aromatic N) is 5. The Hall–Kier alpha value is -2.45. The van der Waals surface area contributed by atoms with E-state index in [2.05, 4.69) is 15.5 Å². The quantitative estimate of drug-likeness (QED) is 0.842. The van der Waals surface area contributed by atoms with Crippen molar-refractivity contribution in [3.8, 4) is 5.69 Å². The Bertz CT molecular complexity index is 760. The van der Waals surface area contributed by atoms with Crippen molar-refractivity contribution in [2.75, 3.05) is 13.1 Å². The summed E-state index contributed by atoms with van der Waals surface area (Å²) in [5, 5.41) is 10.9. The summed E-state index contributed by atoms with van der Waals surface area (Å²) in [6.07, 6.45) is -2.49. The number of amides is 1. The number of carbonyl (C=O) groups is 1. The van der Waals surface area contributed by atoms with Crippen molar-refractivity contribution in [2.24, 2.45) is 11.3 Å². The van der Waals surface area contributed by atoms with Gasteiger partial charge < -0.3 is 4.90 Å². The molecule has 24 heavy (non-hydrogen) atoms. The third-order valence-electron chi connectivity index (χ3n) is 4.89. The van der Waals surface area contributed by atoms with Gasteiger partial charge in [0.05, 0.1) is 17.2 Å². The van der Waals surface area contributed by atoms with Gasteiger partial charge in [0.1, 0.15) is 6.33 Å². The molecule has 1 spiro atoms. The molecule has 9 heteroatoms. The van der Waals surface area contributed by atoms with E-state index in [0.717, 1.165) is 0 Å². The minimum atomic E-state index is -4.12. The monoisotopic (exact) mass is 337 g/mol. The zero-order valence-electron chi connectivity index (χ0n) is 12.6. The summed E-state index contributed by atoms with van der Waals surface area (Å²) in [4.78, 5) is 14.3. The van der Waals surface area contributed by atoms with Crippen molar-refractivity contribution >= 4 is 5.91 Å². The highest BCUT2D eigenvalue weighted by Gasteiger charge is 2.60. The molecule has 0 unspecified atom stereocenters. The van der Waals surface area contributed by atoms with Gasteiger partial charge in [-0.25, -0.2) is 0 Å². The fourth-order valence-electron chi connectivity index (χ4n) is 3.68. The van der Waals surface area contributed by atoms with Gasteiger partial charge in [0.15, 0.2) is 0 Å². The molecule has 1 aliphatic heterocycles. The minimum Gasteiger partial charge on any atom is -0.337 e. The number of carbonyl (C=O) groups excluding carboxylic acids is 1. The lowest BCUT2D eigenvalue weighted by Gasteiger charge is -2.59. The first-order chi connectivity index (χ1) is 11.4. The summed E-state index contributed by atoms with van der Waals surface area (Å²) in [5.74, 6) is -1.43. The number of tetrazole rings is 1. The smallest absolute Gasteiger partial charge is 0.337 e. The van der Waals surface area contributed by atoms with Crippen molar-refractivity contribution in [1.82, 2.24) is 25.1 Å². The van der Waals surface area contributed by atoms with Crippen LogP contribution in [0.2, 0.25) is 0 Å². The molecule has 1 aromatic carbocycles. The lowest BCUT2D eigenvalue weighted by Crippen LogP contribution is -2.65. The number of aromatic nitrogens is 4. The molecule has 0 radical (unpaired) electrons. The maximum Gasteiger partial charge on any atom is 0.391 e. The van der Waals surface area contributed by atoms with Gasteiger partial charge in [0.2, 0.25) is 0 Å². The maximum absolute atomic E-state index is 12.7. The first kappa shape index (κ1) is 15.1. The van der Waals surface area contributed by atoms with Crippen molar-refractivity contribution in [3.05, 3.63) is 36.2 Å². The third-order valence-corrected chi connectivity index (χ3v) is 4.89. The number of halogens is 3. The molecule has 126 valence electrons. The number of rotatable bonds is 2. The molecule has 1 saturated heterocycles. The van der Waals surface area contributed by atoms with Gasteiger partial charge in [0.25, 0.3) is 5.91 Å². The summed E-state index contributed by atoms with van der Waals surface area (Å²) in [5.41, 5.74) is 0.640. The molecule has 0 N–H and O–H groups in total. The highest BCUT2D eigenvalue weighted by Crippen LogP contribution is 2.57. The maximum atomic E-state index is 12.7.